The van der Waals surface area contributed by atoms with Crippen molar-refractivity contribution < 1.29 is 0 Å². The van der Waals surface area contributed by atoms with Crippen molar-refractivity contribution in [1.29, 1.82) is 5.26 Å². The fourth-order valence-corrected chi connectivity index (χ4v) is 2.79. The summed E-state index contributed by atoms with van der Waals surface area (Å²) in [6.45, 7) is 5.93. The first kappa shape index (κ1) is 14.5. The van der Waals surface area contributed by atoms with Gasteiger partial charge < -0.3 is 4.90 Å². The van der Waals surface area contributed by atoms with Gasteiger partial charge in [0.05, 0.1) is 17.0 Å². The van der Waals surface area contributed by atoms with Gasteiger partial charge in [-0.2, -0.15) is 5.26 Å². The number of aromatic nitrogens is 1. The van der Waals surface area contributed by atoms with Gasteiger partial charge in [0.25, 0.3) is 0 Å². The Balaban J connectivity index is 2.91. The van der Waals surface area contributed by atoms with Crippen molar-refractivity contribution in [1.82, 2.24) is 4.98 Å². The van der Waals surface area contributed by atoms with Crippen molar-refractivity contribution in [2.45, 2.75) is 20.3 Å². The van der Waals surface area contributed by atoms with E-state index in [2.05, 4.69) is 61.7 Å². The summed E-state index contributed by atoms with van der Waals surface area (Å²) >= 11 is 6.90. The maximum atomic E-state index is 8.69. The average Bonchev–Trinajstić information content (AvgIpc) is 2.24. The average molecular weight is 361 g/mol. The first-order chi connectivity index (χ1) is 8.04. The summed E-state index contributed by atoms with van der Waals surface area (Å²) in [4.78, 5) is 6.55. The van der Waals surface area contributed by atoms with E-state index in [1.165, 1.54) is 0 Å². The Morgan fingerprint density at radius 2 is 2.18 bits per heavy atom. The maximum absolute atomic E-state index is 8.69. The molecule has 5 heteroatoms. The Hall–Kier alpha value is -0.600. The second kappa shape index (κ2) is 6.97. The molecule has 0 saturated heterocycles. The smallest absolute Gasteiger partial charge is 0.142 e. The van der Waals surface area contributed by atoms with Gasteiger partial charge in [-0.25, -0.2) is 4.98 Å². The van der Waals surface area contributed by atoms with Crippen LogP contribution in [0, 0.1) is 17.2 Å². The highest BCUT2D eigenvalue weighted by atomic mass is 79.9. The van der Waals surface area contributed by atoms with E-state index in [1.807, 2.05) is 6.07 Å². The van der Waals surface area contributed by atoms with Crippen molar-refractivity contribution in [3.63, 3.8) is 0 Å². The number of pyridine rings is 1. The van der Waals surface area contributed by atoms with Gasteiger partial charge in [-0.1, -0.05) is 13.8 Å². The number of nitriles is 1. The second-order valence-corrected chi connectivity index (χ2v) is 5.98. The standard InChI is InChI=1S/C12H15Br2N3/c1-9(2)8-17(5-3-4-15)12-11(14)6-10(13)7-16-12/h6-7,9H,3,5,8H2,1-2H3. The van der Waals surface area contributed by atoms with Gasteiger partial charge in [0.1, 0.15) is 5.82 Å². The number of hydrogen-bond donors (Lipinski definition) is 0. The van der Waals surface area contributed by atoms with Crippen molar-refractivity contribution in [2.24, 2.45) is 5.92 Å². The van der Waals surface area contributed by atoms with Crippen LogP contribution in [0.15, 0.2) is 21.2 Å². The molecule has 0 aliphatic heterocycles. The predicted molar refractivity (Wildman–Crippen MR) is 76.9 cm³/mol. The molecule has 1 aromatic rings. The zero-order valence-electron chi connectivity index (χ0n) is 9.95. The zero-order valence-corrected chi connectivity index (χ0v) is 13.1. The lowest BCUT2D eigenvalue weighted by Crippen LogP contribution is -2.29. The molecule has 17 heavy (non-hydrogen) atoms. The highest BCUT2D eigenvalue weighted by Gasteiger charge is 2.13. The van der Waals surface area contributed by atoms with Crippen LogP contribution in [0.4, 0.5) is 5.82 Å². The van der Waals surface area contributed by atoms with Gasteiger partial charge in [0, 0.05) is 23.8 Å². The van der Waals surface area contributed by atoms with Crippen molar-refractivity contribution in [3.8, 4) is 6.07 Å². The van der Waals surface area contributed by atoms with Crippen LogP contribution in [-0.2, 0) is 0 Å². The van der Waals surface area contributed by atoms with Crippen LogP contribution in [-0.4, -0.2) is 18.1 Å². The van der Waals surface area contributed by atoms with E-state index in [9.17, 15) is 0 Å². The van der Waals surface area contributed by atoms with Crippen LogP contribution in [0.2, 0.25) is 0 Å². The minimum Gasteiger partial charge on any atom is -0.354 e. The third-order valence-electron chi connectivity index (χ3n) is 2.17. The normalized spacial score (nSPS) is 10.4. The molecule has 0 fully saturated rings. The van der Waals surface area contributed by atoms with E-state index in [-0.39, 0.29) is 0 Å². The molecule has 0 saturated carbocycles. The van der Waals surface area contributed by atoms with Gasteiger partial charge in [0.15, 0.2) is 0 Å². The lowest BCUT2D eigenvalue weighted by atomic mass is 10.2. The molecule has 0 bridgehead atoms. The van der Waals surface area contributed by atoms with Crippen LogP contribution in [0.1, 0.15) is 20.3 Å². The maximum Gasteiger partial charge on any atom is 0.142 e. The molecule has 1 heterocycles. The molecule has 0 amide bonds. The lowest BCUT2D eigenvalue weighted by Gasteiger charge is -2.25. The Bertz CT molecular complexity index is 413. The largest absolute Gasteiger partial charge is 0.354 e. The molecule has 3 nitrogen and oxygen atoms in total. The second-order valence-electron chi connectivity index (χ2n) is 4.21. The van der Waals surface area contributed by atoms with Crippen LogP contribution < -0.4 is 4.90 Å². The first-order valence-electron chi connectivity index (χ1n) is 5.47. The van der Waals surface area contributed by atoms with Crippen molar-refractivity contribution in [2.75, 3.05) is 18.0 Å². The highest BCUT2D eigenvalue weighted by Crippen LogP contribution is 2.27. The summed E-state index contributed by atoms with van der Waals surface area (Å²) in [7, 11) is 0. The summed E-state index contributed by atoms with van der Waals surface area (Å²) in [5.41, 5.74) is 0. The van der Waals surface area contributed by atoms with E-state index in [4.69, 9.17) is 5.26 Å². The SMILES string of the molecule is CC(C)CN(CCC#N)c1ncc(Br)cc1Br. The van der Waals surface area contributed by atoms with E-state index in [1.54, 1.807) is 6.20 Å². The van der Waals surface area contributed by atoms with Crippen LogP contribution >= 0.6 is 31.9 Å². The molecule has 1 rings (SSSR count). The molecular weight excluding hydrogens is 346 g/mol. The number of anilines is 1. The number of nitrogens with zero attached hydrogens (tertiary/aromatic N) is 3. The Labute approximate surface area is 119 Å². The highest BCUT2D eigenvalue weighted by molar-refractivity contribution is 9.11. The van der Waals surface area contributed by atoms with Crippen molar-refractivity contribution >= 4 is 37.7 Å². The predicted octanol–water partition coefficient (Wildman–Crippen LogP) is 3.98. The van der Waals surface area contributed by atoms with Crippen LogP contribution in [0.5, 0.6) is 0 Å². The van der Waals surface area contributed by atoms with E-state index in [0.29, 0.717) is 18.9 Å². The molecule has 0 aliphatic rings. The van der Waals surface area contributed by atoms with E-state index in [0.717, 1.165) is 21.3 Å². The summed E-state index contributed by atoms with van der Waals surface area (Å²) in [5.74, 6) is 1.43. The molecule has 0 radical (unpaired) electrons. The van der Waals surface area contributed by atoms with Gasteiger partial charge in [-0.15, -0.1) is 0 Å². The Kier molecular flexibility index (Phi) is 5.93. The van der Waals surface area contributed by atoms with Gasteiger partial charge in [0.2, 0.25) is 0 Å². The summed E-state index contributed by atoms with van der Waals surface area (Å²) in [5, 5.41) is 8.69. The first-order valence-corrected chi connectivity index (χ1v) is 7.06. The third kappa shape index (κ3) is 4.64. The number of rotatable bonds is 5. The van der Waals surface area contributed by atoms with Gasteiger partial charge >= 0.3 is 0 Å². The third-order valence-corrected chi connectivity index (χ3v) is 3.18. The summed E-state index contributed by atoms with van der Waals surface area (Å²) in [6.07, 6.45) is 2.29. The van der Waals surface area contributed by atoms with Gasteiger partial charge in [-0.05, 0) is 43.8 Å². The summed E-state index contributed by atoms with van der Waals surface area (Å²) < 4.78 is 1.89. The van der Waals surface area contributed by atoms with Crippen LogP contribution in [0.3, 0.4) is 0 Å². The van der Waals surface area contributed by atoms with Crippen molar-refractivity contribution in [3.05, 3.63) is 21.2 Å². The molecule has 0 N–H and O–H groups in total. The molecule has 0 spiro atoms. The molecule has 0 aliphatic carbocycles. The summed E-state index contributed by atoms with van der Waals surface area (Å²) in [6, 6.07) is 4.15. The fourth-order valence-electron chi connectivity index (χ4n) is 1.55. The minimum atomic E-state index is 0.511. The monoisotopic (exact) mass is 359 g/mol. The number of halogens is 2. The van der Waals surface area contributed by atoms with E-state index >= 15 is 0 Å². The zero-order chi connectivity index (χ0) is 12.8. The molecular formula is C12H15Br2N3. The van der Waals surface area contributed by atoms with Crippen LogP contribution in [0.25, 0.3) is 0 Å². The van der Waals surface area contributed by atoms with E-state index < -0.39 is 0 Å². The lowest BCUT2D eigenvalue weighted by molar-refractivity contribution is 0.607. The minimum absolute atomic E-state index is 0.511. The molecule has 0 atom stereocenters. The molecule has 0 aromatic carbocycles. The Morgan fingerprint density at radius 1 is 1.47 bits per heavy atom. The molecule has 1 aromatic heterocycles. The van der Waals surface area contributed by atoms with Gasteiger partial charge in [-0.3, -0.25) is 0 Å². The fraction of sp³-hybridized carbons (Fsp3) is 0.500. The Morgan fingerprint density at radius 3 is 2.71 bits per heavy atom. The quantitative estimate of drug-likeness (QED) is 0.797. The molecule has 0 unspecified atom stereocenters. The topological polar surface area (TPSA) is 39.9 Å². The molecule has 92 valence electrons. The number of hydrogen-bond acceptors (Lipinski definition) is 3.